The molecule has 3 aromatic rings. The van der Waals surface area contributed by atoms with Gasteiger partial charge >= 0.3 is 6.01 Å². The van der Waals surface area contributed by atoms with Crippen molar-refractivity contribution in [1.82, 2.24) is 30.0 Å². The van der Waals surface area contributed by atoms with Gasteiger partial charge in [-0.1, -0.05) is 26.7 Å². The Morgan fingerprint density at radius 2 is 1.91 bits per heavy atom. The Balaban J connectivity index is 1.42. The highest BCUT2D eigenvalue weighted by Gasteiger charge is 2.66. The summed E-state index contributed by atoms with van der Waals surface area (Å²) >= 11 is 0. The molecule has 1 aromatic carbocycles. The highest BCUT2D eigenvalue weighted by Crippen LogP contribution is 2.59. The van der Waals surface area contributed by atoms with Gasteiger partial charge in [0.05, 0.1) is 11.6 Å². The van der Waals surface area contributed by atoms with Crippen molar-refractivity contribution >= 4 is 34.3 Å². The van der Waals surface area contributed by atoms with E-state index in [0.29, 0.717) is 43.4 Å². The van der Waals surface area contributed by atoms with E-state index in [-0.39, 0.29) is 59.0 Å². The summed E-state index contributed by atoms with van der Waals surface area (Å²) in [5.41, 5.74) is 2.51. The smallest absolute Gasteiger partial charge is 0.321 e. The van der Waals surface area contributed by atoms with E-state index in [9.17, 15) is 19.2 Å². The molecule has 2 aromatic heterocycles. The molecular weight excluding hydrogens is 560 g/mol. The summed E-state index contributed by atoms with van der Waals surface area (Å²) in [6, 6.07) is 3.24. The van der Waals surface area contributed by atoms with Crippen LogP contribution in [0.25, 0.3) is 10.9 Å². The van der Waals surface area contributed by atoms with Gasteiger partial charge in [0.15, 0.2) is 11.6 Å². The number of ketones is 2. The van der Waals surface area contributed by atoms with Gasteiger partial charge in [-0.3, -0.25) is 23.9 Å². The Morgan fingerprint density at radius 1 is 1.14 bits per heavy atom. The third-order valence-corrected chi connectivity index (χ3v) is 9.47. The molecule has 2 amide bonds. The Morgan fingerprint density at radius 3 is 2.64 bits per heavy atom. The normalized spacial score (nSPS) is 25.7. The summed E-state index contributed by atoms with van der Waals surface area (Å²) in [6.45, 7) is 7.65. The quantitative estimate of drug-likeness (QED) is 0.427. The van der Waals surface area contributed by atoms with Gasteiger partial charge in [0.1, 0.15) is 18.0 Å². The zero-order chi connectivity index (χ0) is 31.2. The van der Waals surface area contributed by atoms with E-state index in [4.69, 9.17) is 4.74 Å². The molecule has 1 aliphatic carbocycles. The number of nitrogens with one attached hydrogen (secondary N) is 1. The molecular formula is C33H40N6O5. The van der Waals surface area contributed by atoms with E-state index in [1.54, 1.807) is 28.0 Å². The van der Waals surface area contributed by atoms with Gasteiger partial charge < -0.3 is 15.0 Å². The molecule has 11 heteroatoms. The third kappa shape index (κ3) is 5.71. The number of hydrogen-bond acceptors (Lipinski definition) is 8. The second-order valence-electron chi connectivity index (χ2n) is 12.9. The van der Waals surface area contributed by atoms with Crippen molar-refractivity contribution in [3.8, 4) is 11.8 Å². The fraction of sp³-hybridized carbons (Fsp3) is 0.545. The number of nitrogens with zero attached hydrogens (tertiary/aromatic N) is 5. The average molecular weight is 601 g/mol. The van der Waals surface area contributed by atoms with Crippen molar-refractivity contribution in [3.05, 3.63) is 41.3 Å². The van der Waals surface area contributed by atoms with E-state index in [1.165, 1.54) is 6.92 Å². The highest BCUT2D eigenvalue weighted by molar-refractivity contribution is 6.06. The monoisotopic (exact) mass is 600 g/mol. The second-order valence-corrected chi connectivity index (χ2v) is 12.9. The fourth-order valence-corrected chi connectivity index (χ4v) is 7.08. The first-order valence-corrected chi connectivity index (χ1v) is 15.7. The number of ether oxygens (including phenoxy) is 1. The standard InChI is InChI=1S/C33H40N6O5/c1-5-26(41)25-13-33-14-27(33)39(25)29(43)17-38-31-22(9-7-6-8-19(2)10-28(42)36-18-33)11-23(12-24(31)30(37-38)21(4)40)44-32-34-15-20(3)16-35-32/h11-12,15-16,19,25,27H,5-10,13-14,17-18H2,1-4H3,(H,36,42)/t19-,25-,27+,33-/m0/s1. The van der Waals surface area contributed by atoms with E-state index >= 15 is 0 Å². The number of carbonyl (C=O) groups is 4. The van der Waals surface area contributed by atoms with E-state index in [1.807, 2.05) is 19.9 Å². The van der Waals surface area contributed by atoms with Crippen LogP contribution in [0.5, 0.6) is 11.8 Å². The third-order valence-electron chi connectivity index (χ3n) is 9.47. The molecule has 2 bridgehead atoms. The first-order valence-electron chi connectivity index (χ1n) is 15.7. The maximum atomic E-state index is 14.1. The molecule has 0 unspecified atom stereocenters. The predicted octanol–water partition coefficient (Wildman–Crippen LogP) is 4.34. The first kappa shape index (κ1) is 29.9. The summed E-state index contributed by atoms with van der Waals surface area (Å²) in [5.74, 6) is 0.323. The van der Waals surface area contributed by atoms with Crippen LogP contribution in [-0.4, -0.2) is 66.7 Å². The molecule has 232 valence electrons. The molecule has 4 heterocycles. The van der Waals surface area contributed by atoms with Gasteiger partial charge in [-0.2, -0.15) is 5.10 Å². The minimum atomic E-state index is -0.524. The fourth-order valence-electron chi connectivity index (χ4n) is 7.08. The number of aromatic nitrogens is 4. The van der Waals surface area contributed by atoms with Crippen molar-refractivity contribution in [3.63, 3.8) is 0 Å². The lowest BCUT2D eigenvalue weighted by Gasteiger charge is -2.26. The van der Waals surface area contributed by atoms with E-state index in [2.05, 4.69) is 27.3 Å². The molecule has 0 radical (unpaired) electrons. The largest absolute Gasteiger partial charge is 0.424 e. The van der Waals surface area contributed by atoms with Gasteiger partial charge in [-0.15, -0.1) is 0 Å². The number of hydrogen-bond donors (Lipinski definition) is 1. The van der Waals surface area contributed by atoms with Gasteiger partial charge in [0.2, 0.25) is 11.8 Å². The van der Waals surface area contributed by atoms with E-state index < -0.39 is 6.04 Å². The van der Waals surface area contributed by atoms with Crippen LogP contribution in [0.1, 0.15) is 87.3 Å². The SMILES string of the molecule is CCC(=O)[C@@H]1C[C@]23CNC(=O)C[C@@H](C)CCCCc4cc(Oc5ncc(C)cn5)cc5c(C(C)=O)nn(c45)CC(=O)N1[C@@H]2C3. The van der Waals surface area contributed by atoms with Crippen LogP contribution in [0, 0.1) is 18.3 Å². The lowest BCUT2D eigenvalue weighted by Crippen LogP contribution is -2.44. The van der Waals surface area contributed by atoms with Crippen LogP contribution in [0.3, 0.4) is 0 Å². The summed E-state index contributed by atoms with van der Waals surface area (Å²) in [7, 11) is 0. The molecule has 44 heavy (non-hydrogen) atoms. The molecule has 2 fully saturated rings. The maximum absolute atomic E-state index is 14.1. The number of amides is 2. The number of benzene rings is 1. The lowest BCUT2D eigenvalue weighted by atomic mass is 9.95. The first-order chi connectivity index (χ1) is 21.1. The Labute approximate surface area is 256 Å². The molecule has 3 aliphatic rings. The number of Topliss-reactive ketones (excluding diaryl/α,β-unsaturated/α-hetero) is 2. The molecule has 11 nitrogen and oxygen atoms in total. The van der Waals surface area contributed by atoms with Crippen molar-refractivity contribution in [2.24, 2.45) is 11.3 Å². The summed E-state index contributed by atoms with van der Waals surface area (Å²) in [4.78, 5) is 63.1. The minimum Gasteiger partial charge on any atom is -0.424 e. The Hall–Kier alpha value is -4.15. The molecule has 1 N–H and O–H groups in total. The highest BCUT2D eigenvalue weighted by atomic mass is 16.5. The lowest BCUT2D eigenvalue weighted by molar-refractivity contribution is -0.139. The summed E-state index contributed by atoms with van der Waals surface area (Å²) < 4.78 is 7.67. The summed E-state index contributed by atoms with van der Waals surface area (Å²) in [6.07, 6.45) is 8.74. The van der Waals surface area contributed by atoms with Crippen molar-refractivity contribution in [2.75, 3.05) is 6.54 Å². The number of rotatable bonds is 5. The number of aryl methyl sites for hydroxylation is 2. The second kappa shape index (κ2) is 11.7. The summed E-state index contributed by atoms with van der Waals surface area (Å²) in [5, 5.41) is 8.39. The molecule has 1 saturated heterocycles. The molecule has 6 rings (SSSR count). The zero-order valence-electron chi connectivity index (χ0n) is 25.9. The van der Waals surface area contributed by atoms with Crippen LogP contribution in [0.4, 0.5) is 0 Å². The van der Waals surface area contributed by atoms with Crippen LogP contribution in [0.2, 0.25) is 0 Å². The topological polar surface area (TPSA) is 136 Å². The van der Waals surface area contributed by atoms with E-state index in [0.717, 1.165) is 42.3 Å². The molecule has 2 aliphatic heterocycles. The average Bonchev–Trinajstić information content (AvgIpc) is 3.40. The van der Waals surface area contributed by atoms with Gasteiger partial charge in [-0.05, 0) is 61.8 Å². The zero-order valence-corrected chi connectivity index (χ0v) is 25.9. The van der Waals surface area contributed by atoms with Gasteiger partial charge in [-0.25, -0.2) is 9.97 Å². The van der Waals surface area contributed by atoms with Crippen molar-refractivity contribution in [2.45, 2.75) is 97.7 Å². The van der Waals surface area contributed by atoms with Crippen LogP contribution < -0.4 is 10.1 Å². The van der Waals surface area contributed by atoms with Crippen LogP contribution in [0.15, 0.2) is 24.5 Å². The molecule has 4 atom stereocenters. The number of piperidine rings is 1. The maximum Gasteiger partial charge on any atom is 0.321 e. The molecule has 0 spiro atoms. The van der Waals surface area contributed by atoms with Gasteiger partial charge in [0.25, 0.3) is 0 Å². The Bertz CT molecular complexity index is 1630. The minimum absolute atomic E-state index is 0.0202. The van der Waals surface area contributed by atoms with Crippen LogP contribution >= 0.6 is 0 Å². The van der Waals surface area contributed by atoms with Crippen molar-refractivity contribution < 1.29 is 23.9 Å². The predicted molar refractivity (Wildman–Crippen MR) is 162 cm³/mol. The number of carbonyl (C=O) groups excluding carboxylic acids is 4. The van der Waals surface area contributed by atoms with Gasteiger partial charge in [0, 0.05) is 55.5 Å². The van der Waals surface area contributed by atoms with Crippen molar-refractivity contribution in [1.29, 1.82) is 0 Å². The Kier molecular flexibility index (Phi) is 7.98. The van der Waals surface area contributed by atoms with Crippen LogP contribution in [-0.2, 0) is 27.3 Å². The molecule has 1 saturated carbocycles.